The van der Waals surface area contributed by atoms with Crippen LogP contribution in [0.3, 0.4) is 0 Å². The van der Waals surface area contributed by atoms with Crippen molar-refractivity contribution in [2.45, 2.75) is 13.8 Å². The van der Waals surface area contributed by atoms with Gasteiger partial charge in [-0.05, 0) is 13.8 Å². The molecule has 0 aliphatic carbocycles. The normalized spacial score (nSPS) is 9.64. The Labute approximate surface area is 64.2 Å². The van der Waals surface area contributed by atoms with Crippen LogP contribution in [-0.4, -0.2) is 17.6 Å². The van der Waals surface area contributed by atoms with Gasteiger partial charge in [0.2, 0.25) is 0 Å². The number of nitrogens with zero attached hydrogens (tertiary/aromatic N) is 1. The Hall–Kier alpha value is -1.32. The Morgan fingerprint density at radius 2 is 2.55 bits per heavy atom. The molecule has 0 fully saturated rings. The van der Waals surface area contributed by atoms with Gasteiger partial charge in [-0.15, -0.1) is 0 Å². The summed E-state index contributed by atoms with van der Waals surface area (Å²) in [5.41, 5.74) is 0. The minimum atomic E-state index is -0.513. The molecular weight excluding hydrogens is 146 g/mol. The molecule has 1 rings (SSSR count). The molecule has 1 heterocycles. The Bertz CT molecular complexity index is 254. The SMILES string of the molecule is CCOC(=O)c1ncc(C)o1. The lowest BCUT2D eigenvalue weighted by Gasteiger charge is -1.94. The van der Waals surface area contributed by atoms with Crippen LogP contribution in [0.15, 0.2) is 10.6 Å². The lowest BCUT2D eigenvalue weighted by molar-refractivity contribution is 0.0479. The standard InChI is InChI=1S/C7H9NO3/c1-3-10-7(9)6-8-4-5(2)11-6/h4H,3H2,1-2H3. The highest BCUT2D eigenvalue weighted by atomic mass is 16.5. The molecule has 1 aromatic heterocycles. The van der Waals surface area contributed by atoms with Crippen molar-refractivity contribution in [2.75, 3.05) is 6.61 Å². The molecule has 4 nitrogen and oxygen atoms in total. The van der Waals surface area contributed by atoms with Gasteiger partial charge in [0.15, 0.2) is 0 Å². The molecule has 0 aromatic carbocycles. The zero-order valence-corrected chi connectivity index (χ0v) is 6.46. The first-order valence-corrected chi connectivity index (χ1v) is 3.33. The summed E-state index contributed by atoms with van der Waals surface area (Å²) in [6.45, 7) is 3.78. The van der Waals surface area contributed by atoms with Crippen molar-refractivity contribution in [3.63, 3.8) is 0 Å². The van der Waals surface area contributed by atoms with E-state index < -0.39 is 5.97 Å². The molecule has 0 amide bonds. The molecule has 0 spiro atoms. The number of aryl methyl sites for hydroxylation is 1. The summed E-state index contributed by atoms with van der Waals surface area (Å²) in [4.78, 5) is 14.6. The predicted octanol–water partition coefficient (Wildman–Crippen LogP) is 1.16. The second kappa shape index (κ2) is 3.18. The van der Waals surface area contributed by atoms with Crippen LogP contribution >= 0.6 is 0 Å². The summed E-state index contributed by atoms with van der Waals surface area (Å²) < 4.78 is 9.56. The summed E-state index contributed by atoms with van der Waals surface area (Å²) in [6.07, 6.45) is 1.48. The van der Waals surface area contributed by atoms with E-state index in [0.29, 0.717) is 12.4 Å². The molecule has 11 heavy (non-hydrogen) atoms. The molecule has 0 radical (unpaired) electrons. The van der Waals surface area contributed by atoms with E-state index in [9.17, 15) is 4.79 Å². The lowest BCUT2D eigenvalue weighted by atomic mass is 10.6. The molecule has 0 bridgehead atoms. The third kappa shape index (κ3) is 1.80. The van der Waals surface area contributed by atoms with Gasteiger partial charge in [0.25, 0.3) is 0 Å². The number of carbonyl (C=O) groups is 1. The van der Waals surface area contributed by atoms with E-state index in [4.69, 9.17) is 4.42 Å². The first kappa shape index (κ1) is 7.78. The van der Waals surface area contributed by atoms with Gasteiger partial charge in [-0.1, -0.05) is 0 Å². The van der Waals surface area contributed by atoms with Crippen LogP contribution in [0.25, 0.3) is 0 Å². The predicted molar refractivity (Wildman–Crippen MR) is 37.2 cm³/mol. The van der Waals surface area contributed by atoms with Crippen molar-refractivity contribution in [1.29, 1.82) is 0 Å². The zero-order chi connectivity index (χ0) is 8.27. The van der Waals surface area contributed by atoms with Gasteiger partial charge in [0.05, 0.1) is 12.8 Å². The van der Waals surface area contributed by atoms with E-state index in [-0.39, 0.29) is 5.89 Å². The summed E-state index contributed by atoms with van der Waals surface area (Å²) in [6, 6.07) is 0. The van der Waals surface area contributed by atoms with Gasteiger partial charge >= 0.3 is 11.9 Å². The number of rotatable bonds is 2. The first-order valence-electron chi connectivity index (χ1n) is 3.33. The van der Waals surface area contributed by atoms with Gasteiger partial charge in [0.1, 0.15) is 5.76 Å². The van der Waals surface area contributed by atoms with E-state index >= 15 is 0 Å². The minimum Gasteiger partial charge on any atom is -0.459 e. The molecule has 0 aliphatic rings. The van der Waals surface area contributed by atoms with E-state index in [2.05, 4.69) is 9.72 Å². The summed E-state index contributed by atoms with van der Waals surface area (Å²) in [5, 5.41) is 0. The van der Waals surface area contributed by atoms with Gasteiger partial charge in [-0.2, -0.15) is 0 Å². The van der Waals surface area contributed by atoms with Gasteiger partial charge in [-0.3, -0.25) is 0 Å². The number of ether oxygens (including phenoxy) is 1. The number of oxazole rings is 1. The Morgan fingerprint density at radius 3 is 3.00 bits per heavy atom. The third-order valence-electron chi connectivity index (χ3n) is 1.07. The smallest absolute Gasteiger partial charge is 0.394 e. The van der Waals surface area contributed by atoms with Crippen molar-refractivity contribution in [3.8, 4) is 0 Å². The molecule has 4 heteroatoms. The summed E-state index contributed by atoms with van der Waals surface area (Å²) in [7, 11) is 0. The molecular formula is C7H9NO3. The largest absolute Gasteiger partial charge is 0.459 e. The Balaban J connectivity index is 2.69. The van der Waals surface area contributed by atoms with Crippen LogP contribution in [0.1, 0.15) is 23.4 Å². The van der Waals surface area contributed by atoms with Crippen LogP contribution in [0, 0.1) is 6.92 Å². The molecule has 0 aliphatic heterocycles. The van der Waals surface area contributed by atoms with Gasteiger partial charge < -0.3 is 9.15 Å². The van der Waals surface area contributed by atoms with Crippen LogP contribution in [-0.2, 0) is 4.74 Å². The lowest BCUT2D eigenvalue weighted by Crippen LogP contribution is -2.04. The highest BCUT2D eigenvalue weighted by molar-refractivity contribution is 5.84. The van der Waals surface area contributed by atoms with Crippen LogP contribution in [0.5, 0.6) is 0 Å². The fourth-order valence-electron chi connectivity index (χ4n) is 0.642. The maximum Gasteiger partial charge on any atom is 0.394 e. The number of hydrogen-bond acceptors (Lipinski definition) is 4. The zero-order valence-electron chi connectivity index (χ0n) is 6.46. The maximum atomic E-state index is 10.9. The van der Waals surface area contributed by atoms with E-state index in [1.165, 1.54) is 6.20 Å². The molecule has 1 aromatic rings. The fraction of sp³-hybridized carbons (Fsp3) is 0.429. The van der Waals surface area contributed by atoms with Crippen molar-refractivity contribution >= 4 is 5.97 Å². The second-order valence-corrected chi connectivity index (χ2v) is 2.00. The molecule has 0 saturated heterocycles. The third-order valence-corrected chi connectivity index (χ3v) is 1.07. The number of aromatic nitrogens is 1. The first-order chi connectivity index (χ1) is 5.24. The average molecular weight is 155 g/mol. The second-order valence-electron chi connectivity index (χ2n) is 2.00. The molecule has 60 valence electrons. The highest BCUT2D eigenvalue weighted by Gasteiger charge is 2.11. The summed E-state index contributed by atoms with van der Waals surface area (Å²) in [5.74, 6) is 0.109. The topological polar surface area (TPSA) is 52.3 Å². The van der Waals surface area contributed by atoms with E-state index in [1.807, 2.05) is 0 Å². The Kier molecular flexibility index (Phi) is 2.25. The fourth-order valence-corrected chi connectivity index (χ4v) is 0.642. The molecule has 0 N–H and O–H groups in total. The number of carbonyl (C=O) groups excluding carboxylic acids is 1. The van der Waals surface area contributed by atoms with Crippen molar-refractivity contribution in [3.05, 3.63) is 17.8 Å². The minimum absolute atomic E-state index is 0.0179. The highest BCUT2D eigenvalue weighted by Crippen LogP contribution is 2.02. The average Bonchev–Trinajstić information content (AvgIpc) is 2.36. The number of esters is 1. The van der Waals surface area contributed by atoms with Crippen molar-refractivity contribution in [2.24, 2.45) is 0 Å². The molecule has 0 unspecified atom stereocenters. The van der Waals surface area contributed by atoms with Crippen LogP contribution in [0.4, 0.5) is 0 Å². The molecule has 0 saturated carbocycles. The van der Waals surface area contributed by atoms with Gasteiger partial charge in [-0.25, -0.2) is 9.78 Å². The maximum absolute atomic E-state index is 10.9. The quantitative estimate of drug-likeness (QED) is 0.601. The van der Waals surface area contributed by atoms with Crippen molar-refractivity contribution in [1.82, 2.24) is 4.98 Å². The Morgan fingerprint density at radius 1 is 1.82 bits per heavy atom. The molecule has 0 atom stereocenters. The van der Waals surface area contributed by atoms with Crippen molar-refractivity contribution < 1.29 is 13.9 Å². The van der Waals surface area contributed by atoms with Crippen LogP contribution in [0.2, 0.25) is 0 Å². The van der Waals surface area contributed by atoms with Crippen LogP contribution < -0.4 is 0 Å². The van der Waals surface area contributed by atoms with E-state index in [1.54, 1.807) is 13.8 Å². The monoisotopic (exact) mass is 155 g/mol. The number of hydrogen-bond donors (Lipinski definition) is 0. The summed E-state index contributed by atoms with van der Waals surface area (Å²) >= 11 is 0. The van der Waals surface area contributed by atoms with Gasteiger partial charge in [0, 0.05) is 0 Å². The van der Waals surface area contributed by atoms with E-state index in [0.717, 1.165) is 0 Å².